The second kappa shape index (κ2) is 6.19. The van der Waals surface area contributed by atoms with Crippen molar-refractivity contribution in [2.45, 2.75) is 12.5 Å². The number of amides is 1. The van der Waals surface area contributed by atoms with Crippen LogP contribution in [0.25, 0.3) is 6.08 Å². The van der Waals surface area contributed by atoms with E-state index in [1.807, 2.05) is 35.2 Å². The lowest BCUT2D eigenvalue weighted by molar-refractivity contribution is -0.117. The number of hydrogen-bond acceptors (Lipinski definition) is 5. The third kappa shape index (κ3) is 3.26. The van der Waals surface area contributed by atoms with E-state index in [1.165, 1.54) is 0 Å². The molecule has 0 unspecified atom stereocenters. The molecule has 0 bridgehead atoms. The Morgan fingerprint density at radius 3 is 3.15 bits per heavy atom. The van der Waals surface area contributed by atoms with E-state index in [-0.39, 0.29) is 11.9 Å². The highest BCUT2D eigenvalue weighted by Crippen LogP contribution is 2.22. The fraction of sp³-hybridized carbons (Fsp3) is 0.286. The summed E-state index contributed by atoms with van der Waals surface area (Å²) in [5.41, 5.74) is 0. The van der Waals surface area contributed by atoms with E-state index in [4.69, 9.17) is 0 Å². The summed E-state index contributed by atoms with van der Waals surface area (Å²) in [6, 6.07) is 4.18. The van der Waals surface area contributed by atoms with Crippen molar-refractivity contribution in [3.05, 3.63) is 40.0 Å². The molecule has 1 aliphatic rings. The van der Waals surface area contributed by atoms with Gasteiger partial charge in [0.05, 0.1) is 0 Å². The third-order valence-corrected chi connectivity index (χ3v) is 4.84. The molecule has 1 atom stereocenters. The predicted molar refractivity (Wildman–Crippen MR) is 84.2 cm³/mol. The maximum absolute atomic E-state index is 11.9. The van der Waals surface area contributed by atoms with E-state index < -0.39 is 0 Å². The van der Waals surface area contributed by atoms with Crippen LogP contribution in [0.5, 0.6) is 0 Å². The predicted octanol–water partition coefficient (Wildman–Crippen LogP) is 2.61. The molecule has 4 nitrogen and oxygen atoms in total. The van der Waals surface area contributed by atoms with E-state index in [1.54, 1.807) is 28.7 Å². The Bertz CT molecular complexity index is 578. The molecule has 20 heavy (non-hydrogen) atoms. The van der Waals surface area contributed by atoms with Gasteiger partial charge in [0.1, 0.15) is 0 Å². The van der Waals surface area contributed by atoms with Gasteiger partial charge >= 0.3 is 0 Å². The van der Waals surface area contributed by atoms with Gasteiger partial charge in [0, 0.05) is 41.7 Å². The number of anilines is 1. The summed E-state index contributed by atoms with van der Waals surface area (Å²) in [5, 5.41) is 8.06. The average molecular weight is 305 g/mol. The van der Waals surface area contributed by atoms with Crippen molar-refractivity contribution < 1.29 is 4.79 Å². The van der Waals surface area contributed by atoms with Crippen molar-refractivity contribution in [1.82, 2.24) is 10.3 Å². The van der Waals surface area contributed by atoms with Gasteiger partial charge in [-0.15, -0.1) is 22.7 Å². The maximum atomic E-state index is 11.9. The molecule has 0 spiro atoms. The zero-order valence-corrected chi connectivity index (χ0v) is 12.5. The summed E-state index contributed by atoms with van der Waals surface area (Å²) in [6.45, 7) is 1.79. The lowest BCUT2D eigenvalue weighted by Gasteiger charge is -2.15. The highest BCUT2D eigenvalue weighted by Gasteiger charge is 2.24. The second-order valence-electron chi connectivity index (χ2n) is 4.60. The van der Waals surface area contributed by atoms with Crippen molar-refractivity contribution in [3.63, 3.8) is 0 Å². The van der Waals surface area contributed by atoms with Crippen LogP contribution < -0.4 is 10.2 Å². The van der Waals surface area contributed by atoms with Crippen molar-refractivity contribution in [3.8, 4) is 0 Å². The Labute approximate surface area is 125 Å². The van der Waals surface area contributed by atoms with E-state index >= 15 is 0 Å². The standard InChI is InChI=1S/C14H15N3OS2/c18-13(4-3-12-2-1-8-19-12)16-11-5-7-17(10-11)14-15-6-9-20-14/h1-4,6,8-9,11H,5,7,10H2,(H,16,18)/b4-3+/t11-/m0/s1. The minimum Gasteiger partial charge on any atom is -0.348 e. The molecule has 1 amide bonds. The quantitative estimate of drug-likeness (QED) is 0.883. The van der Waals surface area contributed by atoms with Crippen LogP contribution in [0.2, 0.25) is 0 Å². The first-order valence-corrected chi connectivity index (χ1v) is 8.24. The Morgan fingerprint density at radius 1 is 1.45 bits per heavy atom. The van der Waals surface area contributed by atoms with Crippen LogP contribution in [0.15, 0.2) is 35.2 Å². The van der Waals surface area contributed by atoms with Gasteiger partial charge in [0.25, 0.3) is 0 Å². The molecule has 1 aliphatic heterocycles. The number of nitrogens with zero attached hydrogens (tertiary/aromatic N) is 2. The summed E-state index contributed by atoms with van der Waals surface area (Å²) in [6.07, 6.45) is 6.25. The third-order valence-electron chi connectivity index (χ3n) is 3.17. The monoisotopic (exact) mass is 305 g/mol. The van der Waals surface area contributed by atoms with Gasteiger partial charge < -0.3 is 10.2 Å². The molecule has 0 aliphatic carbocycles. The first-order chi connectivity index (χ1) is 9.81. The highest BCUT2D eigenvalue weighted by atomic mass is 32.1. The zero-order chi connectivity index (χ0) is 13.8. The van der Waals surface area contributed by atoms with Gasteiger partial charge in [-0.1, -0.05) is 6.07 Å². The molecule has 104 valence electrons. The Kier molecular flexibility index (Phi) is 4.13. The summed E-state index contributed by atoms with van der Waals surface area (Å²) < 4.78 is 0. The van der Waals surface area contributed by atoms with Gasteiger partial charge in [-0.25, -0.2) is 4.98 Å². The van der Waals surface area contributed by atoms with Crippen molar-refractivity contribution in [2.75, 3.05) is 18.0 Å². The van der Waals surface area contributed by atoms with E-state index in [9.17, 15) is 4.79 Å². The smallest absolute Gasteiger partial charge is 0.244 e. The fourth-order valence-corrected chi connectivity index (χ4v) is 3.52. The van der Waals surface area contributed by atoms with Crippen molar-refractivity contribution in [2.24, 2.45) is 0 Å². The number of carbonyl (C=O) groups excluding carboxylic acids is 1. The molecule has 3 heterocycles. The van der Waals surface area contributed by atoms with Crippen molar-refractivity contribution >= 4 is 39.8 Å². The average Bonchev–Trinajstić information content (AvgIpc) is 3.18. The normalized spacial score (nSPS) is 18.8. The lowest BCUT2D eigenvalue weighted by atomic mass is 10.2. The van der Waals surface area contributed by atoms with Gasteiger partial charge in [-0.3, -0.25) is 4.79 Å². The molecule has 2 aromatic rings. The molecular weight excluding hydrogens is 290 g/mol. The number of nitrogens with one attached hydrogen (secondary N) is 1. The number of aromatic nitrogens is 1. The number of carbonyl (C=O) groups is 1. The molecule has 1 fully saturated rings. The SMILES string of the molecule is O=C(/C=C/c1cccs1)N[C@H]1CCN(c2nccs2)C1. The molecule has 1 N–H and O–H groups in total. The van der Waals surface area contributed by atoms with Crippen LogP contribution in [-0.2, 0) is 4.79 Å². The summed E-state index contributed by atoms with van der Waals surface area (Å²) in [5.74, 6) is -0.0237. The van der Waals surface area contributed by atoms with Gasteiger partial charge in [0.2, 0.25) is 5.91 Å². The number of thiophene rings is 1. The van der Waals surface area contributed by atoms with Crippen LogP contribution in [0.4, 0.5) is 5.13 Å². The Balaban J connectivity index is 1.50. The first kappa shape index (κ1) is 13.3. The van der Waals surface area contributed by atoms with Crippen LogP contribution in [0.1, 0.15) is 11.3 Å². The number of rotatable bonds is 4. The summed E-state index contributed by atoms with van der Waals surface area (Å²) in [4.78, 5) is 19.5. The maximum Gasteiger partial charge on any atom is 0.244 e. The minimum absolute atomic E-state index is 0.0237. The summed E-state index contributed by atoms with van der Waals surface area (Å²) >= 11 is 3.26. The molecule has 1 saturated heterocycles. The van der Waals surface area contributed by atoms with Gasteiger partial charge in [0.15, 0.2) is 5.13 Å². The molecule has 2 aromatic heterocycles. The van der Waals surface area contributed by atoms with Crippen LogP contribution >= 0.6 is 22.7 Å². The van der Waals surface area contributed by atoms with E-state index in [0.717, 1.165) is 29.5 Å². The molecule has 3 rings (SSSR count). The van der Waals surface area contributed by atoms with Gasteiger partial charge in [-0.05, 0) is 23.9 Å². The number of thiazole rings is 1. The van der Waals surface area contributed by atoms with Crippen LogP contribution in [0.3, 0.4) is 0 Å². The van der Waals surface area contributed by atoms with Crippen LogP contribution in [-0.4, -0.2) is 30.0 Å². The van der Waals surface area contributed by atoms with Crippen molar-refractivity contribution in [1.29, 1.82) is 0 Å². The molecule has 6 heteroatoms. The molecular formula is C14H15N3OS2. The van der Waals surface area contributed by atoms with Gasteiger partial charge in [-0.2, -0.15) is 0 Å². The minimum atomic E-state index is -0.0237. The first-order valence-electron chi connectivity index (χ1n) is 6.48. The highest BCUT2D eigenvalue weighted by molar-refractivity contribution is 7.13. The van der Waals surface area contributed by atoms with E-state index in [0.29, 0.717) is 0 Å². The van der Waals surface area contributed by atoms with Crippen LogP contribution in [0, 0.1) is 0 Å². The fourth-order valence-electron chi connectivity index (χ4n) is 2.22. The summed E-state index contributed by atoms with van der Waals surface area (Å²) in [7, 11) is 0. The molecule has 0 saturated carbocycles. The number of hydrogen-bond donors (Lipinski definition) is 1. The zero-order valence-electron chi connectivity index (χ0n) is 10.9. The molecule has 0 radical (unpaired) electrons. The van der Waals surface area contributed by atoms with E-state index in [2.05, 4.69) is 15.2 Å². The topological polar surface area (TPSA) is 45.2 Å². The lowest BCUT2D eigenvalue weighted by Crippen LogP contribution is -2.36. The second-order valence-corrected chi connectivity index (χ2v) is 6.46. The Hall–Kier alpha value is -1.66. The molecule has 0 aromatic carbocycles. The largest absolute Gasteiger partial charge is 0.348 e. The Morgan fingerprint density at radius 2 is 2.40 bits per heavy atom.